The van der Waals surface area contributed by atoms with Crippen LogP contribution in [0.15, 0.2) is 47.5 Å². The van der Waals surface area contributed by atoms with Crippen molar-refractivity contribution in [3.05, 3.63) is 59.4 Å². The zero-order valence-electron chi connectivity index (χ0n) is 16.2. The Morgan fingerprint density at radius 3 is 2.64 bits per heavy atom. The summed E-state index contributed by atoms with van der Waals surface area (Å²) >= 11 is 0. The Morgan fingerprint density at radius 2 is 1.96 bits per heavy atom. The molecular weight excluding hydrogens is 359 g/mol. The van der Waals surface area contributed by atoms with Gasteiger partial charge in [0.05, 0.1) is 32.4 Å². The second-order valence-electron chi connectivity index (χ2n) is 6.78. The molecule has 150 valence electrons. The minimum absolute atomic E-state index is 0.0371. The molecule has 3 rings (SSSR count). The van der Waals surface area contributed by atoms with Crippen molar-refractivity contribution in [2.75, 3.05) is 39.5 Å². The molecule has 1 aliphatic heterocycles. The van der Waals surface area contributed by atoms with Crippen LogP contribution in [0.3, 0.4) is 0 Å². The number of rotatable bonds is 8. The van der Waals surface area contributed by atoms with Crippen LogP contribution in [0.5, 0.6) is 11.5 Å². The molecule has 5 nitrogen and oxygen atoms in total. The maximum absolute atomic E-state index is 13.3. The van der Waals surface area contributed by atoms with Crippen molar-refractivity contribution >= 4 is 6.21 Å². The Hall–Kier alpha value is -2.44. The summed E-state index contributed by atoms with van der Waals surface area (Å²) in [4.78, 5) is 6.87. The van der Waals surface area contributed by atoms with Gasteiger partial charge in [0.1, 0.15) is 17.3 Å². The number of nitrogens with zero attached hydrogens (tertiary/aromatic N) is 2. The molecular formula is C22H27FN2O3. The van der Waals surface area contributed by atoms with E-state index in [0.29, 0.717) is 37.7 Å². The number of phenols is 1. The Balaban J connectivity index is 1.71. The molecule has 1 saturated heterocycles. The Morgan fingerprint density at radius 1 is 1.21 bits per heavy atom. The lowest BCUT2D eigenvalue weighted by Crippen LogP contribution is -2.40. The first-order valence-corrected chi connectivity index (χ1v) is 9.70. The lowest BCUT2D eigenvalue weighted by molar-refractivity contribution is 0.0180. The van der Waals surface area contributed by atoms with E-state index in [9.17, 15) is 9.50 Å². The van der Waals surface area contributed by atoms with Gasteiger partial charge < -0.3 is 14.6 Å². The molecule has 1 fully saturated rings. The number of aliphatic imine (C=N–C) groups is 1. The molecule has 0 amide bonds. The molecule has 6 heteroatoms. The summed E-state index contributed by atoms with van der Waals surface area (Å²) in [6.45, 7) is 6.15. The molecule has 0 bridgehead atoms. The Bertz CT molecular complexity index is 774. The number of halogens is 1. The molecule has 0 saturated carbocycles. The molecule has 1 N–H and O–H groups in total. The van der Waals surface area contributed by atoms with E-state index < -0.39 is 0 Å². The van der Waals surface area contributed by atoms with E-state index >= 15 is 0 Å². The average Bonchev–Trinajstić information content (AvgIpc) is 2.72. The van der Waals surface area contributed by atoms with Gasteiger partial charge in [0.15, 0.2) is 0 Å². The first-order chi connectivity index (χ1) is 13.7. The highest BCUT2D eigenvalue weighted by Crippen LogP contribution is 2.25. The minimum Gasteiger partial charge on any atom is -0.507 e. The number of hydrogen-bond acceptors (Lipinski definition) is 5. The van der Waals surface area contributed by atoms with E-state index in [4.69, 9.17) is 9.47 Å². The fraction of sp³-hybridized carbons (Fsp3) is 0.409. The molecule has 2 aromatic rings. The fourth-order valence-electron chi connectivity index (χ4n) is 3.20. The van der Waals surface area contributed by atoms with Gasteiger partial charge in [-0.3, -0.25) is 9.89 Å². The van der Waals surface area contributed by atoms with Crippen molar-refractivity contribution in [2.45, 2.75) is 19.4 Å². The minimum atomic E-state index is -0.247. The summed E-state index contributed by atoms with van der Waals surface area (Å²) in [5.41, 5.74) is 1.66. The second kappa shape index (κ2) is 10.2. The van der Waals surface area contributed by atoms with Gasteiger partial charge >= 0.3 is 0 Å². The summed E-state index contributed by atoms with van der Waals surface area (Å²) in [5.74, 6) is 0.541. The van der Waals surface area contributed by atoms with Crippen LogP contribution in [0.4, 0.5) is 4.39 Å². The van der Waals surface area contributed by atoms with Crippen molar-refractivity contribution < 1.29 is 19.0 Å². The van der Waals surface area contributed by atoms with Crippen molar-refractivity contribution in [2.24, 2.45) is 4.99 Å². The monoisotopic (exact) mass is 386 g/mol. The number of aromatic hydroxyl groups is 1. The predicted octanol–water partition coefficient (Wildman–Crippen LogP) is 3.81. The van der Waals surface area contributed by atoms with Crippen LogP contribution in [0.1, 0.15) is 30.5 Å². The SMILES string of the molecule is CCCOc1ccc(C=NC[C@H](c2ccc(F)cc2)N2CCOCC2)c(O)c1. The summed E-state index contributed by atoms with van der Waals surface area (Å²) in [5, 5.41) is 10.2. The van der Waals surface area contributed by atoms with Crippen LogP contribution in [0.25, 0.3) is 0 Å². The van der Waals surface area contributed by atoms with E-state index in [1.165, 1.54) is 12.1 Å². The highest BCUT2D eigenvalue weighted by Gasteiger charge is 2.22. The van der Waals surface area contributed by atoms with Crippen molar-refractivity contribution in [3.63, 3.8) is 0 Å². The molecule has 2 aromatic carbocycles. The molecule has 0 aliphatic carbocycles. The predicted molar refractivity (Wildman–Crippen MR) is 108 cm³/mol. The number of morpholine rings is 1. The van der Waals surface area contributed by atoms with Crippen LogP contribution in [0, 0.1) is 5.82 Å². The van der Waals surface area contributed by atoms with Crippen molar-refractivity contribution in [1.29, 1.82) is 0 Å². The largest absolute Gasteiger partial charge is 0.507 e. The van der Waals surface area contributed by atoms with Gasteiger partial charge in [-0.05, 0) is 36.2 Å². The van der Waals surface area contributed by atoms with Gasteiger partial charge in [0.25, 0.3) is 0 Å². The lowest BCUT2D eigenvalue weighted by atomic mass is 10.0. The number of phenolic OH excluding ortho intramolecular Hbond substituents is 1. The Kier molecular flexibility index (Phi) is 7.39. The highest BCUT2D eigenvalue weighted by molar-refractivity contribution is 5.83. The van der Waals surface area contributed by atoms with Crippen LogP contribution >= 0.6 is 0 Å². The molecule has 1 aliphatic rings. The van der Waals surface area contributed by atoms with Gasteiger partial charge in [-0.25, -0.2) is 4.39 Å². The quantitative estimate of drug-likeness (QED) is 0.701. The van der Waals surface area contributed by atoms with Crippen LogP contribution in [-0.2, 0) is 4.74 Å². The smallest absolute Gasteiger partial charge is 0.128 e. The van der Waals surface area contributed by atoms with Crippen molar-refractivity contribution in [3.8, 4) is 11.5 Å². The topological polar surface area (TPSA) is 54.3 Å². The number of benzene rings is 2. The number of hydrogen-bond donors (Lipinski definition) is 1. The fourth-order valence-corrected chi connectivity index (χ4v) is 3.20. The summed E-state index contributed by atoms with van der Waals surface area (Å²) in [7, 11) is 0. The molecule has 0 spiro atoms. The summed E-state index contributed by atoms with van der Waals surface area (Å²) < 4.78 is 24.3. The first kappa shape index (κ1) is 20.3. The van der Waals surface area contributed by atoms with Crippen molar-refractivity contribution in [1.82, 2.24) is 4.90 Å². The van der Waals surface area contributed by atoms with Crippen LogP contribution < -0.4 is 4.74 Å². The van der Waals surface area contributed by atoms with Gasteiger partial charge in [0.2, 0.25) is 0 Å². The van der Waals surface area contributed by atoms with E-state index in [1.54, 1.807) is 18.3 Å². The summed E-state index contributed by atoms with van der Waals surface area (Å²) in [6, 6.07) is 11.8. The number of ether oxygens (including phenoxy) is 2. The Labute approximate surface area is 165 Å². The molecule has 0 unspecified atom stereocenters. The van der Waals surface area contributed by atoms with Gasteiger partial charge in [-0.15, -0.1) is 0 Å². The van der Waals surface area contributed by atoms with E-state index in [1.807, 2.05) is 25.1 Å². The third-order valence-electron chi connectivity index (χ3n) is 4.72. The van der Waals surface area contributed by atoms with E-state index in [0.717, 1.165) is 25.1 Å². The zero-order chi connectivity index (χ0) is 19.8. The highest BCUT2D eigenvalue weighted by atomic mass is 19.1. The second-order valence-corrected chi connectivity index (χ2v) is 6.78. The van der Waals surface area contributed by atoms with Gasteiger partial charge in [-0.2, -0.15) is 0 Å². The maximum atomic E-state index is 13.3. The molecule has 28 heavy (non-hydrogen) atoms. The molecule has 1 heterocycles. The first-order valence-electron chi connectivity index (χ1n) is 9.70. The molecule has 1 atom stereocenters. The van der Waals surface area contributed by atoms with Crippen LogP contribution in [-0.4, -0.2) is 55.7 Å². The summed E-state index contributed by atoms with van der Waals surface area (Å²) in [6.07, 6.45) is 2.59. The maximum Gasteiger partial charge on any atom is 0.128 e. The van der Waals surface area contributed by atoms with Gasteiger partial charge in [0, 0.05) is 30.9 Å². The van der Waals surface area contributed by atoms with Crippen LogP contribution in [0.2, 0.25) is 0 Å². The third-order valence-corrected chi connectivity index (χ3v) is 4.72. The standard InChI is InChI=1S/C22H27FN2O3/c1-2-11-28-20-8-5-18(22(26)14-20)15-24-16-21(25-9-12-27-13-10-25)17-3-6-19(23)7-4-17/h3-8,14-15,21,26H,2,9-13,16H2,1H3/t21-/m1/s1. The zero-order valence-corrected chi connectivity index (χ0v) is 16.2. The third kappa shape index (κ3) is 5.53. The lowest BCUT2D eigenvalue weighted by Gasteiger charge is -2.34. The van der Waals surface area contributed by atoms with Gasteiger partial charge in [-0.1, -0.05) is 19.1 Å². The average molecular weight is 386 g/mol. The normalized spacial score (nSPS) is 16.4. The van der Waals surface area contributed by atoms with E-state index in [-0.39, 0.29) is 17.6 Å². The van der Waals surface area contributed by atoms with E-state index in [2.05, 4.69) is 9.89 Å². The molecule has 0 radical (unpaired) electrons. The molecule has 0 aromatic heterocycles.